The van der Waals surface area contributed by atoms with E-state index in [1.807, 2.05) is 34.8 Å². The van der Waals surface area contributed by atoms with Gasteiger partial charge in [0.25, 0.3) is 5.78 Å². The maximum absolute atomic E-state index is 4.77. The summed E-state index contributed by atoms with van der Waals surface area (Å²) < 4.78 is 1.85. The van der Waals surface area contributed by atoms with E-state index in [9.17, 15) is 0 Å². The molecule has 0 saturated heterocycles. The van der Waals surface area contributed by atoms with Gasteiger partial charge in [-0.05, 0) is 38.3 Å². The Morgan fingerprint density at radius 1 is 0.923 bits per heavy atom. The molecule has 26 heavy (non-hydrogen) atoms. The molecule has 0 atom stereocenters. The van der Waals surface area contributed by atoms with Crippen molar-refractivity contribution in [2.24, 2.45) is 0 Å². The van der Waals surface area contributed by atoms with Crippen LogP contribution < -0.4 is 5.32 Å². The van der Waals surface area contributed by atoms with Crippen molar-refractivity contribution in [1.82, 2.24) is 19.6 Å². The Kier molecular flexibility index (Phi) is 3.45. The Balaban J connectivity index is 1.67. The highest BCUT2D eigenvalue weighted by Crippen LogP contribution is 2.31. The molecule has 5 nitrogen and oxygen atoms in total. The van der Waals surface area contributed by atoms with Gasteiger partial charge in [0, 0.05) is 16.8 Å². The van der Waals surface area contributed by atoms with Crippen LogP contribution in [0.1, 0.15) is 23.2 Å². The van der Waals surface area contributed by atoms with Gasteiger partial charge in [-0.2, -0.15) is 9.50 Å². The van der Waals surface area contributed by atoms with E-state index in [-0.39, 0.29) is 0 Å². The Morgan fingerprint density at radius 3 is 2.54 bits per heavy atom. The van der Waals surface area contributed by atoms with E-state index >= 15 is 0 Å². The summed E-state index contributed by atoms with van der Waals surface area (Å²) in [5.74, 6) is 2.34. The molecule has 2 heterocycles. The molecule has 0 fully saturated rings. The fourth-order valence-corrected chi connectivity index (χ4v) is 3.49. The van der Waals surface area contributed by atoms with Gasteiger partial charge in [0.15, 0.2) is 5.82 Å². The summed E-state index contributed by atoms with van der Waals surface area (Å²) >= 11 is 0. The topological polar surface area (TPSA) is 55.1 Å². The summed E-state index contributed by atoms with van der Waals surface area (Å²) in [4.78, 5) is 9.45. The zero-order valence-electron chi connectivity index (χ0n) is 14.6. The van der Waals surface area contributed by atoms with Gasteiger partial charge in [0.05, 0.1) is 5.69 Å². The number of benzene rings is 2. The SMILES string of the molecule is Cc1ccc(Nc2c3c(nc4nc(-c5ccccc5)nn24)CCC3)cc1. The lowest BCUT2D eigenvalue weighted by Crippen LogP contribution is -2.07. The predicted octanol–water partition coefficient (Wildman–Crippen LogP) is 4.33. The first kappa shape index (κ1) is 15.1. The monoisotopic (exact) mass is 341 g/mol. The predicted molar refractivity (Wildman–Crippen MR) is 103 cm³/mol. The van der Waals surface area contributed by atoms with Gasteiger partial charge in [-0.15, -0.1) is 5.10 Å². The fraction of sp³-hybridized carbons (Fsp3) is 0.190. The zero-order valence-corrected chi connectivity index (χ0v) is 14.6. The molecular weight excluding hydrogens is 322 g/mol. The van der Waals surface area contributed by atoms with E-state index in [0.29, 0.717) is 11.6 Å². The first-order valence-electron chi connectivity index (χ1n) is 8.95. The highest BCUT2D eigenvalue weighted by atomic mass is 15.4. The Morgan fingerprint density at radius 2 is 1.73 bits per heavy atom. The second kappa shape index (κ2) is 5.95. The van der Waals surface area contributed by atoms with Crippen molar-refractivity contribution in [3.63, 3.8) is 0 Å². The van der Waals surface area contributed by atoms with Gasteiger partial charge >= 0.3 is 0 Å². The van der Waals surface area contributed by atoms with Crippen LogP contribution in [0.5, 0.6) is 0 Å². The Labute approximate surface area is 151 Å². The van der Waals surface area contributed by atoms with E-state index in [0.717, 1.165) is 42.0 Å². The number of anilines is 2. The number of rotatable bonds is 3. The van der Waals surface area contributed by atoms with Crippen LogP contribution >= 0.6 is 0 Å². The van der Waals surface area contributed by atoms with Crippen LogP contribution in [0, 0.1) is 6.92 Å². The minimum Gasteiger partial charge on any atom is -0.340 e. The second-order valence-electron chi connectivity index (χ2n) is 6.74. The van der Waals surface area contributed by atoms with Crippen molar-refractivity contribution in [3.05, 3.63) is 71.4 Å². The van der Waals surface area contributed by atoms with Crippen molar-refractivity contribution < 1.29 is 0 Å². The third-order valence-corrected chi connectivity index (χ3v) is 4.86. The molecule has 1 aliphatic carbocycles. The molecule has 5 heteroatoms. The maximum Gasteiger partial charge on any atom is 0.254 e. The van der Waals surface area contributed by atoms with E-state index in [1.54, 1.807) is 0 Å². The van der Waals surface area contributed by atoms with Gasteiger partial charge in [0.2, 0.25) is 0 Å². The minimum atomic E-state index is 0.652. The molecule has 0 saturated carbocycles. The van der Waals surface area contributed by atoms with Crippen LogP contribution in [-0.2, 0) is 12.8 Å². The maximum atomic E-state index is 4.77. The number of aromatic nitrogens is 4. The number of hydrogen-bond donors (Lipinski definition) is 1. The number of fused-ring (bicyclic) bond motifs is 2. The molecule has 0 bridgehead atoms. The van der Waals surface area contributed by atoms with Gasteiger partial charge in [-0.25, -0.2) is 4.98 Å². The van der Waals surface area contributed by atoms with Crippen molar-refractivity contribution in [3.8, 4) is 11.4 Å². The first-order valence-corrected chi connectivity index (χ1v) is 8.95. The van der Waals surface area contributed by atoms with Crippen molar-refractivity contribution in [2.45, 2.75) is 26.2 Å². The van der Waals surface area contributed by atoms with Crippen molar-refractivity contribution in [2.75, 3.05) is 5.32 Å². The van der Waals surface area contributed by atoms with Crippen LogP contribution in [-0.4, -0.2) is 19.6 Å². The van der Waals surface area contributed by atoms with Crippen molar-refractivity contribution >= 4 is 17.3 Å². The zero-order chi connectivity index (χ0) is 17.5. The summed E-state index contributed by atoms with van der Waals surface area (Å²) in [6, 6.07) is 18.5. The third kappa shape index (κ3) is 2.52. The molecule has 5 rings (SSSR count). The summed E-state index contributed by atoms with van der Waals surface area (Å²) in [6.07, 6.45) is 3.15. The molecule has 1 aliphatic rings. The molecule has 0 aliphatic heterocycles. The van der Waals surface area contributed by atoms with Gasteiger partial charge in [0.1, 0.15) is 5.82 Å². The summed E-state index contributed by atoms with van der Waals surface area (Å²) in [5, 5.41) is 8.31. The highest BCUT2D eigenvalue weighted by molar-refractivity contribution is 5.66. The highest BCUT2D eigenvalue weighted by Gasteiger charge is 2.22. The molecule has 0 amide bonds. The normalized spacial score (nSPS) is 13.1. The number of nitrogens with zero attached hydrogens (tertiary/aromatic N) is 4. The van der Waals surface area contributed by atoms with Crippen molar-refractivity contribution in [1.29, 1.82) is 0 Å². The molecule has 0 radical (unpaired) electrons. The molecule has 1 N–H and O–H groups in total. The van der Waals surface area contributed by atoms with Gasteiger partial charge in [-0.3, -0.25) is 0 Å². The average Bonchev–Trinajstić information content (AvgIpc) is 3.31. The Hall–Kier alpha value is -3.21. The van der Waals surface area contributed by atoms with E-state index in [4.69, 9.17) is 10.1 Å². The lowest BCUT2D eigenvalue weighted by molar-refractivity contribution is 0.900. The summed E-state index contributed by atoms with van der Waals surface area (Å²) in [6.45, 7) is 2.09. The average molecular weight is 341 g/mol. The smallest absolute Gasteiger partial charge is 0.254 e. The van der Waals surface area contributed by atoms with Gasteiger partial charge in [-0.1, -0.05) is 48.0 Å². The van der Waals surface area contributed by atoms with Crippen LogP contribution in [0.3, 0.4) is 0 Å². The van der Waals surface area contributed by atoms with Crippen LogP contribution in [0.15, 0.2) is 54.6 Å². The fourth-order valence-electron chi connectivity index (χ4n) is 3.49. The quantitative estimate of drug-likeness (QED) is 0.602. The molecule has 128 valence electrons. The molecule has 2 aromatic carbocycles. The van der Waals surface area contributed by atoms with Crippen LogP contribution in [0.25, 0.3) is 17.2 Å². The third-order valence-electron chi connectivity index (χ3n) is 4.86. The number of nitrogens with one attached hydrogen (secondary N) is 1. The van der Waals surface area contributed by atoms with E-state index < -0.39 is 0 Å². The second-order valence-corrected chi connectivity index (χ2v) is 6.74. The van der Waals surface area contributed by atoms with Gasteiger partial charge < -0.3 is 5.32 Å². The molecular formula is C21H19N5. The molecule has 2 aromatic heterocycles. The Bertz CT molecular complexity index is 1080. The van der Waals surface area contributed by atoms with Crippen LogP contribution in [0.2, 0.25) is 0 Å². The van der Waals surface area contributed by atoms with E-state index in [1.165, 1.54) is 11.1 Å². The van der Waals surface area contributed by atoms with Crippen LogP contribution in [0.4, 0.5) is 11.5 Å². The molecule has 0 unspecified atom stereocenters. The summed E-state index contributed by atoms with van der Waals surface area (Å²) in [7, 11) is 0. The lowest BCUT2D eigenvalue weighted by Gasteiger charge is -2.12. The standard InChI is InChI=1S/C21H19N5/c1-14-10-12-16(13-11-14)22-20-17-8-5-9-18(17)23-21-24-19(25-26(20)21)15-6-3-2-4-7-15/h2-4,6-7,10-13,22H,5,8-9H2,1H3. The molecule has 0 spiro atoms. The first-order chi connectivity index (χ1) is 12.8. The lowest BCUT2D eigenvalue weighted by atomic mass is 10.2. The molecule has 4 aromatic rings. The number of aryl methyl sites for hydroxylation is 2. The summed E-state index contributed by atoms with van der Waals surface area (Å²) in [5.41, 5.74) is 5.68. The number of hydrogen-bond acceptors (Lipinski definition) is 4. The van der Waals surface area contributed by atoms with E-state index in [2.05, 4.69) is 41.5 Å². The minimum absolute atomic E-state index is 0.652. The largest absolute Gasteiger partial charge is 0.340 e.